The lowest BCUT2D eigenvalue weighted by Crippen LogP contribution is -2.51. The van der Waals surface area contributed by atoms with Gasteiger partial charge in [0.25, 0.3) is 0 Å². The van der Waals surface area contributed by atoms with Crippen LogP contribution in [0, 0.1) is 5.41 Å². The van der Waals surface area contributed by atoms with Gasteiger partial charge in [-0.2, -0.15) is 26.3 Å². The Morgan fingerprint density at radius 3 is 2.14 bits per heavy atom. The highest BCUT2D eigenvalue weighted by atomic mass is 19.3. The zero-order valence-electron chi connectivity index (χ0n) is 14.8. The summed E-state index contributed by atoms with van der Waals surface area (Å²) in [5.74, 6) is -15.4. The topological polar surface area (TPSA) is 9.23 Å². The third-order valence-corrected chi connectivity index (χ3v) is 6.49. The number of hydrogen-bond acceptors (Lipinski definition) is 1. The second-order valence-electron chi connectivity index (χ2n) is 7.81. The molecule has 0 aromatic heterocycles. The van der Waals surface area contributed by atoms with Gasteiger partial charge in [-0.1, -0.05) is 42.5 Å². The number of alkyl halides is 6. The first kappa shape index (κ1) is 17.6. The summed E-state index contributed by atoms with van der Waals surface area (Å²) in [6, 6.07) is 6.08. The van der Waals surface area contributed by atoms with Crippen LogP contribution in [0.4, 0.5) is 26.3 Å². The number of para-hydroxylation sites is 1. The molecule has 146 valence electrons. The predicted molar refractivity (Wildman–Crippen MR) is 90.6 cm³/mol. The van der Waals surface area contributed by atoms with Crippen LogP contribution in [0.25, 0.3) is 5.57 Å². The van der Waals surface area contributed by atoms with Crippen molar-refractivity contribution in [1.82, 2.24) is 0 Å². The molecule has 2 unspecified atom stereocenters. The fourth-order valence-electron chi connectivity index (χ4n) is 4.86. The molecule has 4 aliphatic rings. The van der Waals surface area contributed by atoms with Crippen molar-refractivity contribution in [3.63, 3.8) is 0 Å². The fraction of sp³-hybridized carbons (Fsp3) is 0.333. The van der Waals surface area contributed by atoms with Gasteiger partial charge in [0.2, 0.25) is 0 Å². The van der Waals surface area contributed by atoms with Crippen molar-refractivity contribution < 1.29 is 31.1 Å². The van der Waals surface area contributed by atoms with E-state index in [-0.39, 0.29) is 22.5 Å². The molecular formula is C21H14F6O. The summed E-state index contributed by atoms with van der Waals surface area (Å²) in [7, 11) is 0. The number of hydrogen-bond donors (Lipinski definition) is 0. The van der Waals surface area contributed by atoms with Crippen molar-refractivity contribution in [2.24, 2.45) is 5.41 Å². The largest absolute Gasteiger partial charge is 0.481 e. The third-order valence-electron chi connectivity index (χ3n) is 6.49. The Kier molecular flexibility index (Phi) is 2.89. The van der Waals surface area contributed by atoms with Crippen molar-refractivity contribution in [3.05, 3.63) is 70.9 Å². The first-order valence-corrected chi connectivity index (χ1v) is 8.70. The molecule has 0 saturated heterocycles. The summed E-state index contributed by atoms with van der Waals surface area (Å²) in [5.41, 5.74) is -5.94. The lowest BCUT2D eigenvalue weighted by Gasteiger charge is -2.48. The van der Waals surface area contributed by atoms with Crippen molar-refractivity contribution in [3.8, 4) is 5.75 Å². The quantitative estimate of drug-likeness (QED) is 0.492. The molecule has 0 N–H and O–H groups in total. The van der Waals surface area contributed by atoms with Crippen LogP contribution < -0.4 is 4.74 Å². The maximum Gasteiger partial charge on any atom is 0.380 e. The smallest absolute Gasteiger partial charge is 0.380 e. The van der Waals surface area contributed by atoms with E-state index in [4.69, 9.17) is 4.74 Å². The number of allylic oxidation sites excluding steroid dienone is 5. The molecule has 2 atom stereocenters. The molecule has 0 bridgehead atoms. The zero-order valence-corrected chi connectivity index (χ0v) is 14.8. The van der Waals surface area contributed by atoms with E-state index in [2.05, 4.69) is 0 Å². The third kappa shape index (κ3) is 1.53. The van der Waals surface area contributed by atoms with Crippen LogP contribution in [0.3, 0.4) is 0 Å². The lowest BCUT2D eigenvalue weighted by atomic mass is 9.58. The predicted octanol–water partition coefficient (Wildman–Crippen LogP) is 5.95. The van der Waals surface area contributed by atoms with Gasteiger partial charge < -0.3 is 4.74 Å². The van der Waals surface area contributed by atoms with Crippen LogP contribution in [0.5, 0.6) is 5.75 Å². The normalized spacial score (nSPS) is 35.3. The number of benzene rings is 1. The Bertz CT molecular complexity index is 1060. The van der Waals surface area contributed by atoms with E-state index < -0.39 is 39.9 Å². The van der Waals surface area contributed by atoms with Crippen LogP contribution in [0.15, 0.2) is 65.3 Å². The fourth-order valence-corrected chi connectivity index (χ4v) is 4.86. The Morgan fingerprint density at radius 1 is 0.786 bits per heavy atom. The summed E-state index contributed by atoms with van der Waals surface area (Å²) in [4.78, 5) is 0. The van der Waals surface area contributed by atoms with Gasteiger partial charge in [0.15, 0.2) is 0 Å². The second-order valence-corrected chi connectivity index (χ2v) is 7.81. The number of rotatable bonds is 0. The molecule has 1 aromatic carbocycles. The minimum Gasteiger partial charge on any atom is -0.481 e. The summed E-state index contributed by atoms with van der Waals surface area (Å²) < 4.78 is 94.3. The van der Waals surface area contributed by atoms with Crippen LogP contribution in [-0.4, -0.2) is 23.4 Å². The van der Waals surface area contributed by atoms with Gasteiger partial charge in [-0.15, -0.1) is 0 Å². The molecule has 5 rings (SSSR count). The molecule has 1 saturated carbocycles. The van der Waals surface area contributed by atoms with Crippen molar-refractivity contribution in [2.45, 2.75) is 37.2 Å². The monoisotopic (exact) mass is 396 g/mol. The summed E-state index contributed by atoms with van der Waals surface area (Å²) >= 11 is 0. The van der Waals surface area contributed by atoms with Gasteiger partial charge in [0.1, 0.15) is 11.4 Å². The van der Waals surface area contributed by atoms with Crippen LogP contribution in [-0.2, 0) is 0 Å². The average Bonchev–Trinajstić information content (AvgIpc) is 2.98. The van der Waals surface area contributed by atoms with E-state index in [9.17, 15) is 26.3 Å². The maximum absolute atomic E-state index is 14.9. The standard InChI is InChI=1S/C21H14F6O/c1-17-10-6-5-8-12(17)15-16(20(24,25)21(26,27)19(15,22)23)14-11-7-3-4-9-13(11)28-18(14,17)2/h3-10H,1-2H3. The van der Waals surface area contributed by atoms with E-state index in [1.807, 2.05) is 0 Å². The Hall–Kier alpha value is -2.44. The molecule has 0 spiro atoms. The van der Waals surface area contributed by atoms with Crippen LogP contribution >= 0.6 is 0 Å². The molecule has 0 amide bonds. The molecule has 1 fully saturated rings. The van der Waals surface area contributed by atoms with E-state index in [1.165, 1.54) is 37.3 Å². The minimum absolute atomic E-state index is 0.133. The van der Waals surface area contributed by atoms with E-state index >= 15 is 0 Å². The molecule has 0 radical (unpaired) electrons. The van der Waals surface area contributed by atoms with Crippen molar-refractivity contribution in [1.29, 1.82) is 0 Å². The molecule has 1 heterocycles. The number of halogens is 6. The summed E-state index contributed by atoms with van der Waals surface area (Å²) in [6.07, 6.45) is 5.70. The minimum atomic E-state index is -5.55. The van der Waals surface area contributed by atoms with Gasteiger partial charge in [-0.25, -0.2) is 0 Å². The van der Waals surface area contributed by atoms with Crippen LogP contribution in [0.2, 0.25) is 0 Å². The SMILES string of the molecule is CC12C=CC=CC1=C1C(=C3c4ccccc4OC32C)C(F)(F)C(F)(F)C1(F)F. The molecule has 1 aromatic rings. The second kappa shape index (κ2) is 4.58. The zero-order chi connectivity index (χ0) is 20.3. The van der Waals surface area contributed by atoms with Gasteiger partial charge in [0, 0.05) is 22.3 Å². The Labute approximate surface area is 156 Å². The first-order chi connectivity index (χ1) is 12.9. The highest BCUT2D eigenvalue weighted by Gasteiger charge is 2.84. The molecule has 1 aliphatic heterocycles. The van der Waals surface area contributed by atoms with Crippen molar-refractivity contribution in [2.75, 3.05) is 0 Å². The van der Waals surface area contributed by atoms with E-state index in [0.717, 1.165) is 0 Å². The summed E-state index contributed by atoms with van der Waals surface area (Å²) in [5, 5.41) is 0. The first-order valence-electron chi connectivity index (χ1n) is 8.70. The van der Waals surface area contributed by atoms with Crippen molar-refractivity contribution >= 4 is 5.57 Å². The van der Waals surface area contributed by atoms with Gasteiger partial charge >= 0.3 is 17.8 Å². The highest BCUT2D eigenvalue weighted by Crippen LogP contribution is 2.72. The molecule has 28 heavy (non-hydrogen) atoms. The molecule has 7 heteroatoms. The molecule has 1 nitrogen and oxygen atoms in total. The lowest BCUT2D eigenvalue weighted by molar-refractivity contribution is -0.257. The number of ether oxygens (including phenoxy) is 1. The van der Waals surface area contributed by atoms with Gasteiger partial charge in [-0.05, 0) is 25.5 Å². The van der Waals surface area contributed by atoms with E-state index in [1.54, 1.807) is 25.1 Å². The average molecular weight is 396 g/mol. The van der Waals surface area contributed by atoms with Gasteiger partial charge in [-0.3, -0.25) is 0 Å². The summed E-state index contributed by atoms with van der Waals surface area (Å²) in [6.45, 7) is 3.03. The van der Waals surface area contributed by atoms with Gasteiger partial charge in [0.05, 0.1) is 5.41 Å². The van der Waals surface area contributed by atoms with E-state index in [0.29, 0.717) is 0 Å². The maximum atomic E-state index is 14.9. The Morgan fingerprint density at radius 2 is 1.43 bits per heavy atom. The molecule has 3 aliphatic carbocycles. The van der Waals surface area contributed by atoms with Crippen LogP contribution in [0.1, 0.15) is 19.4 Å². The Balaban J connectivity index is 2.02. The number of fused-ring (bicyclic) bond motifs is 6. The molecular weight excluding hydrogens is 382 g/mol. The highest BCUT2D eigenvalue weighted by molar-refractivity contribution is 5.91.